The van der Waals surface area contributed by atoms with Gasteiger partial charge in [-0.05, 0) is 36.4 Å². The number of methoxy groups -OCH3 is 4. The molecule has 0 atom stereocenters. The topological polar surface area (TPSA) is 92.0 Å². The number of para-hydroxylation sites is 1. The monoisotopic (exact) mass is 536 g/mol. The molecule has 1 aromatic heterocycles. The van der Waals surface area contributed by atoms with Crippen LogP contribution < -0.4 is 18.9 Å². The second-order valence-electron chi connectivity index (χ2n) is 8.80. The van der Waals surface area contributed by atoms with Gasteiger partial charge in [0.1, 0.15) is 0 Å². The van der Waals surface area contributed by atoms with Crippen molar-refractivity contribution in [2.45, 2.75) is 0 Å². The number of carbonyl (C=O) groups excluding carboxylic acids is 1. The van der Waals surface area contributed by atoms with Crippen LogP contribution in [0.3, 0.4) is 0 Å². The third-order valence-electron chi connectivity index (χ3n) is 6.64. The molecule has 0 fully saturated rings. The maximum Gasteiger partial charge on any atom is 0.203 e. The van der Waals surface area contributed by atoms with Crippen LogP contribution in [-0.2, 0) is 0 Å². The van der Waals surface area contributed by atoms with Gasteiger partial charge in [-0.2, -0.15) is 5.10 Å². The van der Waals surface area contributed by atoms with Crippen LogP contribution in [-0.4, -0.2) is 49.1 Å². The zero-order valence-corrected chi connectivity index (χ0v) is 22.5. The fraction of sp³-hybridized carbons (Fsp3) is 0.125. The predicted molar refractivity (Wildman–Crippen MR) is 152 cm³/mol. The number of aromatic hydroxyl groups is 1. The molecule has 1 N–H and O–H groups in total. The summed E-state index contributed by atoms with van der Waals surface area (Å²) >= 11 is 0. The molecular weight excluding hydrogens is 508 g/mol. The SMILES string of the molecule is COc1cc(C(=O)c2ccccc2)c(-c2cnn(-c3ccccc3)c2-c2ccc(OC)c(OC)c2O)cc1OC. The molecule has 8 nitrogen and oxygen atoms in total. The Morgan fingerprint density at radius 1 is 0.700 bits per heavy atom. The van der Waals surface area contributed by atoms with Crippen molar-refractivity contribution in [3.63, 3.8) is 0 Å². The number of rotatable bonds is 9. The van der Waals surface area contributed by atoms with Gasteiger partial charge in [-0.1, -0.05) is 48.5 Å². The molecule has 0 aliphatic heterocycles. The highest BCUT2D eigenvalue weighted by atomic mass is 16.5. The molecule has 0 aliphatic carbocycles. The second-order valence-corrected chi connectivity index (χ2v) is 8.80. The lowest BCUT2D eigenvalue weighted by atomic mass is 9.91. The van der Waals surface area contributed by atoms with Crippen LogP contribution in [0.5, 0.6) is 28.7 Å². The molecular formula is C32H28N2O6. The number of nitrogens with zero attached hydrogens (tertiary/aromatic N) is 2. The van der Waals surface area contributed by atoms with Gasteiger partial charge in [-0.3, -0.25) is 4.79 Å². The Balaban J connectivity index is 1.85. The molecule has 0 saturated carbocycles. The molecule has 1 heterocycles. The molecule has 0 spiro atoms. The molecule has 0 radical (unpaired) electrons. The number of ketones is 1. The van der Waals surface area contributed by atoms with Crippen LogP contribution in [0.2, 0.25) is 0 Å². The number of ether oxygens (including phenoxy) is 4. The van der Waals surface area contributed by atoms with E-state index in [-0.39, 0.29) is 17.3 Å². The minimum absolute atomic E-state index is 0.128. The lowest BCUT2D eigenvalue weighted by Crippen LogP contribution is -2.06. The highest BCUT2D eigenvalue weighted by Gasteiger charge is 2.27. The first-order valence-corrected chi connectivity index (χ1v) is 12.5. The normalized spacial score (nSPS) is 10.7. The highest BCUT2D eigenvalue weighted by molar-refractivity contribution is 6.14. The Hall–Kier alpha value is -5.24. The van der Waals surface area contributed by atoms with Crippen LogP contribution >= 0.6 is 0 Å². The number of aromatic nitrogens is 2. The number of hydrogen-bond acceptors (Lipinski definition) is 7. The van der Waals surface area contributed by atoms with Crippen LogP contribution in [0.25, 0.3) is 28.1 Å². The number of benzene rings is 4. The molecule has 0 saturated heterocycles. The van der Waals surface area contributed by atoms with Crippen molar-refractivity contribution < 1.29 is 28.8 Å². The second kappa shape index (κ2) is 11.2. The van der Waals surface area contributed by atoms with Crippen molar-refractivity contribution in [3.05, 3.63) is 102 Å². The van der Waals surface area contributed by atoms with E-state index in [9.17, 15) is 9.90 Å². The van der Waals surface area contributed by atoms with Gasteiger partial charge < -0.3 is 24.1 Å². The van der Waals surface area contributed by atoms with Crippen LogP contribution in [0.1, 0.15) is 15.9 Å². The molecule has 0 amide bonds. The first kappa shape index (κ1) is 26.4. The average Bonchev–Trinajstić information content (AvgIpc) is 3.45. The summed E-state index contributed by atoms with van der Waals surface area (Å²) in [6.45, 7) is 0. The molecule has 0 bridgehead atoms. The van der Waals surface area contributed by atoms with Gasteiger partial charge in [-0.25, -0.2) is 4.68 Å². The highest BCUT2D eigenvalue weighted by Crippen LogP contribution is 2.48. The van der Waals surface area contributed by atoms with E-state index in [1.807, 2.05) is 48.5 Å². The zero-order chi connectivity index (χ0) is 28.2. The number of carbonyl (C=O) groups is 1. The first-order chi connectivity index (χ1) is 19.5. The summed E-state index contributed by atoms with van der Waals surface area (Å²) in [5.74, 6) is 1.08. The summed E-state index contributed by atoms with van der Waals surface area (Å²) in [5, 5.41) is 16.1. The van der Waals surface area contributed by atoms with E-state index in [4.69, 9.17) is 24.0 Å². The third-order valence-corrected chi connectivity index (χ3v) is 6.64. The van der Waals surface area contributed by atoms with Crippen LogP contribution in [0, 0.1) is 0 Å². The molecule has 202 valence electrons. The van der Waals surface area contributed by atoms with E-state index in [2.05, 4.69) is 0 Å². The van der Waals surface area contributed by atoms with E-state index < -0.39 is 0 Å². The van der Waals surface area contributed by atoms with Crippen molar-refractivity contribution in [1.29, 1.82) is 0 Å². The Morgan fingerprint density at radius 2 is 1.32 bits per heavy atom. The lowest BCUT2D eigenvalue weighted by Gasteiger charge is -2.18. The Kier molecular flexibility index (Phi) is 7.41. The Morgan fingerprint density at radius 3 is 1.95 bits per heavy atom. The van der Waals surface area contributed by atoms with Gasteiger partial charge >= 0.3 is 0 Å². The maximum atomic E-state index is 13.9. The summed E-state index contributed by atoms with van der Waals surface area (Å²) in [6.07, 6.45) is 1.67. The summed E-state index contributed by atoms with van der Waals surface area (Å²) in [7, 11) is 6.02. The number of phenolic OH excluding ortho intramolecular Hbond substituents is 1. The van der Waals surface area contributed by atoms with Crippen molar-refractivity contribution in [3.8, 4) is 56.8 Å². The van der Waals surface area contributed by atoms with E-state index in [0.717, 1.165) is 5.69 Å². The van der Waals surface area contributed by atoms with Crippen molar-refractivity contribution in [2.24, 2.45) is 0 Å². The quantitative estimate of drug-likeness (QED) is 0.225. The third kappa shape index (κ3) is 4.60. The van der Waals surface area contributed by atoms with E-state index >= 15 is 0 Å². The summed E-state index contributed by atoms with van der Waals surface area (Å²) < 4.78 is 23.8. The molecule has 0 aliphatic rings. The fourth-order valence-corrected chi connectivity index (χ4v) is 4.71. The zero-order valence-electron chi connectivity index (χ0n) is 22.5. The van der Waals surface area contributed by atoms with E-state index in [0.29, 0.717) is 50.8 Å². The van der Waals surface area contributed by atoms with Gasteiger partial charge in [-0.15, -0.1) is 0 Å². The van der Waals surface area contributed by atoms with Crippen molar-refractivity contribution >= 4 is 5.78 Å². The van der Waals surface area contributed by atoms with E-state index in [1.165, 1.54) is 28.4 Å². The van der Waals surface area contributed by atoms with Crippen molar-refractivity contribution in [1.82, 2.24) is 9.78 Å². The molecule has 8 heteroatoms. The van der Waals surface area contributed by atoms with Gasteiger partial charge in [0, 0.05) is 27.8 Å². The van der Waals surface area contributed by atoms with Crippen LogP contribution in [0.4, 0.5) is 0 Å². The van der Waals surface area contributed by atoms with Crippen LogP contribution in [0.15, 0.2) is 91.1 Å². The largest absolute Gasteiger partial charge is 0.504 e. The van der Waals surface area contributed by atoms with Gasteiger partial charge in [0.15, 0.2) is 28.8 Å². The lowest BCUT2D eigenvalue weighted by molar-refractivity contribution is 0.103. The molecule has 5 aromatic rings. The molecule has 0 unspecified atom stereocenters. The molecule has 5 rings (SSSR count). The van der Waals surface area contributed by atoms with E-state index in [1.54, 1.807) is 47.3 Å². The molecule has 40 heavy (non-hydrogen) atoms. The van der Waals surface area contributed by atoms with Gasteiger partial charge in [0.25, 0.3) is 0 Å². The number of hydrogen-bond donors (Lipinski definition) is 1. The minimum Gasteiger partial charge on any atom is -0.504 e. The maximum absolute atomic E-state index is 13.9. The summed E-state index contributed by atoms with van der Waals surface area (Å²) in [4.78, 5) is 13.9. The van der Waals surface area contributed by atoms with Crippen molar-refractivity contribution in [2.75, 3.05) is 28.4 Å². The summed E-state index contributed by atoms with van der Waals surface area (Å²) in [6, 6.07) is 25.4. The first-order valence-electron chi connectivity index (χ1n) is 12.5. The summed E-state index contributed by atoms with van der Waals surface area (Å²) in [5.41, 5.74) is 3.78. The van der Waals surface area contributed by atoms with Gasteiger partial charge in [0.2, 0.25) is 5.75 Å². The smallest absolute Gasteiger partial charge is 0.203 e. The number of phenols is 1. The Labute approximate surface area is 232 Å². The van der Waals surface area contributed by atoms with Gasteiger partial charge in [0.05, 0.1) is 46.0 Å². The standard InChI is InChI=1S/C32H28N2O6/c1-37-26-16-15-22(31(36)32(26)40-4)29-25(19-33-34(29)21-13-9-6-10-14-21)23-17-27(38-2)28(39-3)18-24(23)30(35)20-11-7-5-8-12-20/h5-19,36H,1-4H3. The average molecular weight is 537 g/mol. The Bertz CT molecular complexity index is 1660. The fourth-order valence-electron chi connectivity index (χ4n) is 4.71. The molecule has 4 aromatic carbocycles. The minimum atomic E-state index is -0.202. The predicted octanol–water partition coefficient (Wildman–Crippen LogP) is 6.18.